The molecule has 0 aliphatic carbocycles. The van der Waals surface area contributed by atoms with Gasteiger partial charge in [0.1, 0.15) is 23.7 Å². The number of urea groups is 1. The number of imide groups is 1. The van der Waals surface area contributed by atoms with Crippen molar-refractivity contribution in [3.63, 3.8) is 0 Å². The van der Waals surface area contributed by atoms with Crippen LogP contribution in [0.15, 0.2) is 42.5 Å². The number of rotatable bonds is 6. The fourth-order valence-electron chi connectivity index (χ4n) is 3.26. The van der Waals surface area contributed by atoms with Crippen molar-refractivity contribution in [3.05, 3.63) is 65.0 Å². The van der Waals surface area contributed by atoms with Gasteiger partial charge in [0.15, 0.2) is 0 Å². The van der Waals surface area contributed by atoms with Crippen LogP contribution in [0.5, 0.6) is 5.75 Å². The summed E-state index contributed by atoms with van der Waals surface area (Å²) in [7, 11) is 1.55. The molecule has 1 aliphatic heterocycles. The zero-order valence-corrected chi connectivity index (χ0v) is 16.4. The highest BCUT2D eigenvalue weighted by molar-refractivity contribution is 6.09. The summed E-state index contributed by atoms with van der Waals surface area (Å²) in [5.74, 6) is -0.872. The molecular weight excluding hydrogens is 377 g/mol. The monoisotopic (exact) mass is 399 g/mol. The van der Waals surface area contributed by atoms with Gasteiger partial charge >= 0.3 is 6.03 Å². The van der Waals surface area contributed by atoms with E-state index in [1.807, 2.05) is 6.92 Å². The number of aryl methyl sites for hydroxylation is 1. The molecule has 1 aliphatic rings. The third kappa shape index (κ3) is 3.91. The molecule has 0 radical (unpaired) electrons. The molecule has 2 aromatic carbocycles. The minimum absolute atomic E-state index is 0.0376. The summed E-state index contributed by atoms with van der Waals surface area (Å²) >= 11 is 0. The SMILES string of the molecule is COc1ccc(C2(C)NC(=O)N(CC(=O)NCc3ccccc3F)C2=O)cc1C. The lowest BCUT2D eigenvalue weighted by molar-refractivity contribution is -0.134. The standard InChI is InChI=1S/C21H22FN3O4/c1-13-10-15(8-9-17(13)29-3)21(2)19(27)25(20(28)24-21)12-18(26)23-11-14-6-4-5-7-16(14)22/h4-10H,11-12H2,1-3H3,(H,23,26)(H,24,28). The van der Waals surface area contributed by atoms with Gasteiger partial charge in [-0.05, 0) is 43.2 Å². The van der Waals surface area contributed by atoms with Crippen molar-refractivity contribution in [3.8, 4) is 5.75 Å². The van der Waals surface area contributed by atoms with Gasteiger partial charge in [-0.2, -0.15) is 0 Å². The Morgan fingerprint density at radius 3 is 2.62 bits per heavy atom. The van der Waals surface area contributed by atoms with E-state index in [2.05, 4.69) is 10.6 Å². The van der Waals surface area contributed by atoms with Crippen LogP contribution in [0.2, 0.25) is 0 Å². The average molecular weight is 399 g/mol. The van der Waals surface area contributed by atoms with Gasteiger partial charge in [-0.25, -0.2) is 9.18 Å². The van der Waals surface area contributed by atoms with Gasteiger partial charge in [-0.3, -0.25) is 14.5 Å². The number of amides is 4. The van der Waals surface area contributed by atoms with Crippen molar-refractivity contribution in [1.29, 1.82) is 0 Å². The summed E-state index contributed by atoms with van der Waals surface area (Å²) < 4.78 is 18.9. The van der Waals surface area contributed by atoms with Gasteiger partial charge in [0.05, 0.1) is 7.11 Å². The highest BCUT2D eigenvalue weighted by atomic mass is 19.1. The molecule has 1 fully saturated rings. The number of hydrogen-bond donors (Lipinski definition) is 2. The van der Waals surface area contributed by atoms with Crippen molar-refractivity contribution >= 4 is 17.8 Å². The molecule has 0 bridgehead atoms. The lowest BCUT2D eigenvalue weighted by atomic mass is 9.90. The normalized spacial score (nSPS) is 18.6. The Hall–Kier alpha value is -3.42. The molecule has 0 saturated carbocycles. The van der Waals surface area contributed by atoms with E-state index in [1.165, 1.54) is 6.07 Å². The second kappa shape index (κ2) is 7.90. The summed E-state index contributed by atoms with van der Waals surface area (Å²) in [4.78, 5) is 38.4. The number of hydrogen-bond acceptors (Lipinski definition) is 4. The van der Waals surface area contributed by atoms with Crippen molar-refractivity contribution in [2.24, 2.45) is 0 Å². The van der Waals surface area contributed by atoms with E-state index >= 15 is 0 Å². The van der Waals surface area contributed by atoms with Crippen LogP contribution in [0.3, 0.4) is 0 Å². The molecule has 3 rings (SSSR count). The quantitative estimate of drug-likeness (QED) is 0.730. The van der Waals surface area contributed by atoms with Gasteiger partial charge in [-0.1, -0.05) is 24.3 Å². The Kier molecular flexibility index (Phi) is 5.54. The van der Waals surface area contributed by atoms with Crippen molar-refractivity contribution < 1.29 is 23.5 Å². The Morgan fingerprint density at radius 2 is 1.97 bits per heavy atom. The Labute approximate surface area is 167 Å². The molecule has 0 spiro atoms. The maximum Gasteiger partial charge on any atom is 0.325 e. The van der Waals surface area contributed by atoms with Crippen LogP contribution in [0.25, 0.3) is 0 Å². The van der Waals surface area contributed by atoms with Crippen LogP contribution in [0.4, 0.5) is 9.18 Å². The first-order chi connectivity index (χ1) is 13.8. The van der Waals surface area contributed by atoms with Gasteiger partial charge in [0.2, 0.25) is 5.91 Å². The molecule has 2 aromatic rings. The maximum atomic E-state index is 13.7. The third-order valence-electron chi connectivity index (χ3n) is 4.98. The van der Waals surface area contributed by atoms with Crippen molar-refractivity contribution in [2.45, 2.75) is 25.9 Å². The van der Waals surface area contributed by atoms with Gasteiger partial charge in [-0.15, -0.1) is 0 Å². The van der Waals surface area contributed by atoms with Gasteiger partial charge < -0.3 is 15.4 Å². The first kappa shape index (κ1) is 20.3. The second-order valence-electron chi connectivity index (χ2n) is 7.00. The van der Waals surface area contributed by atoms with E-state index in [1.54, 1.807) is 50.4 Å². The molecule has 29 heavy (non-hydrogen) atoms. The molecule has 1 saturated heterocycles. The number of carbonyl (C=O) groups excluding carboxylic acids is 3. The smallest absolute Gasteiger partial charge is 0.325 e. The number of methoxy groups -OCH3 is 1. The van der Waals surface area contributed by atoms with E-state index in [0.717, 1.165) is 10.5 Å². The summed E-state index contributed by atoms with van der Waals surface area (Å²) in [6, 6.07) is 10.6. The van der Waals surface area contributed by atoms with E-state index in [-0.39, 0.29) is 6.54 Å². The fraction of sp³-hybridized carbons (Fsp3) is 0.286. The lowest BCUT2D eigenvalue weighted by Crippen LogP contribution is -2.43. The summed E-state index contributed by atoms with van der Waals surface area (Å²) in [6.07, 6.45) is 0. The number of benzene rings is 2. The summed E-state index contributed by atoms with van der Waals surface area (Å²) in [5.41, 5.74) is 0.425. The largest absolute Gasteiger partial charge is 0.496 e. The van der Waals surface area contributed by atoms with Crippen LogP contribution in [0.1, 0.15) is 23.6 Å². The van der Waals surface area contributed by atoms with E-state index in [4.69, 9.17) is 4.74 Å². The molecule has 7 nitrogen and oxygen atoms in total. The van der Waals surface area contributed by atoms with Crippen molar-refractivity contribution in [2.75, 3.05) is 13.7 Å². The van der Waals surface area contributed by atoms with Crippen molar-refractivity contribution in [1.82, 2.24) is 15.5 Å². The Balaban J connectivity index is 1.70. The molecule has 1 atom stereocenters. The van der Waals surface area contributed by atoms with Crippen LogP contribution in [-0.4, -0.2) is 36.4 Å². The highest BCUT2D eigenvalue weighted by Crippen LogP contribution is 2.31. The topological polar surface area (TPSA) is 87.7 Å². The van der Waals surface area contributed by atoms with Crippen LogP contribution in [0, 0.1) is 12.7 Å². The van der Waals surface area contributed by atoms with Crippen LogP contribution in [-0.2, 0) is 21.7 Å². The molecule has 152 valence electrons. The number of carbonyl (C=O) groups is 3. The highest BCUT2D eigenvalue weighted by Gasteiger charge is 2.49. The first-order valence-electron chi connectivity index (χ1n) is 9.05. The van der Waals surface area contributed by atoms with E-state index in [9.17, 15) is 18.8 Å². The average Bonchev–Trinajstić information content (AvgIpc) is 2.91. The Bertz CT molecular complexity index is 978. The third-order valence-corrected chi connectivity index (χ3v) is 4.98. The molecule has 1 heterocycles. The number of ether oxygens (including phenoxy) is 1. The maximum absolute atomic E-state index is 13.7. The predicted molar refractivity (Wildman–Crippen MR) is 104 cm³/mol. The van der Waals surface area contributed by atoms with E-state index < -0.39 is 35.7 Å². The van der Waals surface area contributed by atoms with E-state index in [0.29, 0.717) is 16.9 Å². The second-order valence-corrected chi connectivity index (χ2v) is 7.00. The minimum Gasteiger partial charge on any atom is -0.496 e. The van der Waals surface area contributed by atoms with Crippen LogP contribution < -0.4 is 15.4 Å². The van der Waals surface area contributed by atoms with Gasteiger partial charge in [0, 0.05) is 12.1 Å². The molecule has 0 aromatic heterocycles. The zero-order chi connectivity index (χ0) is 21.2. The first-order valence-corrected chi connectivity index (χ1v) is 9.05. The van der Waals surface area contributed by atoms with Crippen LogP contribution >= 0.6 is 0 Å². The molecule has 2 N–H and O–H groups in total. The molecule has 8 heteroatoms. The zero-order valence-electron chi connectivity index (χ0n) is 16.4. The fourth-order valence-corrected chi connectivity index (χ4v) is 3.26. The number of nitrogens with zero attached hydrogens (tertiary/aromatic N) is 1. The predicted octanol–water partition coefficient (Wildman–Crippen LogP) is 2.23. The van der Waals surface area contributed by atoms with Gasteiger partial charge in [0.25, 0.3) is 5.91 Å². The molecule has 1 unspecified atom stereocenters. The lowest BCUT2D eigenvalue weighted by Gasteiger charge is -2.23. The Morgan fingerprint density at radius 1 is 1.24 bits per heavy atom. The summed E-state index contributed by atoms with van der Waals surface area (Å²) in [5, 5.41) is 5.19. The number of nitrogens with one attached hydrogen (secondary N) is 2. The molecular formula is C21H22FN3O4. The molecule has 4 amide bonds. The summed E-state index contributed by atoms with van der Waals surface area (Å²) in [6.45, 7) is 2.93. The number of halogens is 1. The minimum atomic E-state index is -1.29.